The smallest absolute Gasteiger partial charge is 0.260 e. The highest BCUT2D eigenvalue weighted by atomic mass is 79.9. The summed E-state index contributed by atoms with van der Waals surface area (Å²) in [6.07, 6.45) is 1.42. The summed E-state index contributed by atoms with van der Waals surface area (Å²) in [5.74, 6) is -0.338. The Labute approximate surface area is 123 Å². The van der Waals surface area contributed by atoms with Gasteiger partial charge in [-0.05, 0) is 40.5 Å². The monoisotopic (exact) mass is 337 g/mol. The molecule has 6 nitrogen and oxygen atoms in total. The molecule has 2 aromatic rings. The average Bonchev–Trinajstić information content (AvgIpc) is 2.86. The molecule has 0 saturated carbocycles. The number of aryl methyl sites for hydroxylation is 1. The second kappa shape index (κ2) is 5.79. The van der Waals surface area contributed by atoms with Crippen molar-refractivity contribution in [3.8, 4) is 0 Å². The highest BCUT2D eigenvalue weighted by molar-refractivity contribution is 9.10. The van der Waals surface area contributed by atoms with Crippen LogP contribution in [0.1, 0.15) is 21.5 Å². The molecule has 0 atom stereocenters. The Morgan fingerprint density at radius 1 is 1.45 bits per heavy atom. The van der Waals surface area contributed by atoms with E-state index in [1.807, 2.05) is 6.92 Å². The first kappa shape index (κ1) is 14.1. The van der Waals surface area contributed by atoms with Crippen molar-refractivity contribution in [2.24, 2.45) is 10.9 Å². The molecule has 0 saturated heterocycles. The van der Waals surface area contributed by atoms with Gasteiger partial charge in [-0.15, -0.1) is 0 Å². The van der Waals surface area contributed by atoms with Crippen LogP contribution in [0.2, 0.25) is 0 Å². The lowest BCUT2D eigenvalue weighted by Gasteiger charge is -2.09. The summed E-state index contributed by atoms with van der Waals surface area (Å²) in [5.41, 5.74) is 7.86. The topological polar surface area (TPSA) is 101 Å². The lowest BCUT2D eigenvalue weighted by Crippen LogP contribution is -2.16. The standard InChI is InChI=1S/C13H12BrN3O3/c1-7-2-3-8(12(15)17-19)6-10(7)16-13(18)9-4-5-20-11(9)14/h2-6,19H,1H3,(H2,15,17)(H,16,18). The van der Waals surface area contributed by atoms with Gasteiger partial charge in [0.2, 0.25) is 0 Å². The lowest BCUT2D eigenvalue weighted by molar-refractivity contribution is 0.102. The molecule has 1 heterocycles. The first-order valence-corrected chi connectivity index (χ1v) is 6.45. The number of nitrogens with zero attached hydrogens (tertiary/aromatic N) is 1. The number of amides is 1. The molecule has 1 amide bonds. The number of nitrogens with two attached hydrogens (primary N) is 1. The molecule has 0 spiro atoms. The Balaban J connectivity index is 2.29. The summed E-state index contributed by atoms with van der Waals surface area (Å²) in [4.78, 5) is 12.1. The molecule has 0 fully saturated rings. The molecule has 2 rings (SSSR count). The maximum absolute atomic E-state index is 12.1. The number of oxime groups is 1. The summed E-state index contributed by atoms with van der Waals surface area (Å²) in [7, 11) is 0. The Morgan fingerprint density at radius 3 is 2.80 bits per heavy atom. The minimum absolute atomic E-state index is 0.0232. The van der Waals surface area contributed by atoms with Crippen LogP contribution in [-0.2, 0) is 0 Å². The van der Waals surface area contributed by atoms with Crippen molar-refractivity contribution in [2.45, 2.75) is 6.92 Å². The van der Waals surface area contributed by atoms with Crippen LogP contribution >= 0.6 is 15.9 Å². The van der Waals surface area contributed by atoms with Crippen molar-refractivity contribution >= 4 is 33.4 Å². The van der Waals surface area contributed by atoms with Crippen LogP contribution in [0.15, 0.2) is 44.8 Å². The Kier molecular flexibility index (Phi) is 4.09. The van der Waals surface area contributed by atoms with E-state index in [1.54, 1.807) is 24.3 Å². The largest absolute Gasteiger partial charge is 0.457 e. The maximum Gasteiger partial charge on any atom is 0.260 e. The molecular formula is C13H12BrN3O3. The molecule has 0 aliphatic heterocycles. The van der Waals surface area contributed by atoms with E-state index in [0.29, 0.717) is 21.5 Å². The first-order valence-electron chi connectivity index (χ1n) is 5.66. The number of nitrogens with one attached hydrogen (secondary N) is 1. The number of hydrogen-bond acceptors (Lipinski definition) is 4. The van der Waals surface area contributed by atoms with Crippen LogP contribution in [0.25, 0.3) is 0 Å². The molecule has 0 aliphatic rings. The van der Waals surface area contributed by atoms with E-state index < -0.39 is 0 Å². The first-order chi connectivity index (χ1) is 9.52. The molecule has 0 unspecified atom stereocenters. The van der Waals surface area contributed by atoms with Gasteiger partial charge >= 0.3 is 0 Å². The van der Waals surface area contributed by atoms with Crippen molar-refractivity contribution < 1.29 is 14.4 Å². The second-order valence-electron chi connectivity index (χ2n) is 4.08. The number of amidine groups is 1. The summed E-state index contributed by atoms with van der Waals surface area (Å²) in [5, 5.41) is 14.4. The van der Waals surface area contributed by atoms with Gasteiger partial charge in [-0.25, -0.2) is 0 Å². The number of rotatable bonds is 3. The molecule has 1 aromatic carbocycles. The van der Waals surface area contributed by atoms with E-state index in [2.05, 4.69) is 26.4 Å². The van der Waals surface area contributed by atoms with E-state index in [9.17, 15) is 4.79 Å². The highest BCUT2D eigenvalue weighted by Crippen LogP contribution is 2.21. The van der Waals surface area contributed by atoms with E-state index >= 15 is 0 Å². The predicted molar refractivity (Wildman–Crippen MR) is 78.1 cm³/mol. The van der Waals surface area contributed by atoms with E-state index in [4.69, 9.17) is 15.4 Å². The van der Waals surface area contributed by atoms with Gasteiger partial charge in [0.1, 0.15) is 0 Å². The zero-order chi connectivity index (χ0) is 14.7. The van der Waals surface area contributed by atoms with Gasteiger partial charge in [0.15, 0.2) is 10.5 Å². The maximum atomic E-state index is 12.1. The van der Waals surface area contributed by atoms with E-state index in [0.717, 1.165) is 5.56 Å². The molecule has 20 heavy (non-hydrogen) atoms. The van der Waals surface area contributed by atoms with Crippen LogP contribution in [0.4, 0.5) is 5.69 Å². The Morgan fingerprint density at radius 2 is 2.20 bits per heavy atom. The van der Waals surface area contributed by atoms with Crippen LogP contribution in [0.3, 0.4) is 0 Å². The molecule has 0 radical (unpaired) electrons. The van der Waals surface area contributed by atoms with Crippen molar-refractivity contribution in [3.05, 3.63) is 51.9 Å². The Hall–Kier alpha value is -2.28. The minimum Gasteiger partial charge on any atom is -0.457 e. The second-order valence-corrected chi connectivity index (χ2v) is 4.80. The van der Waals surface area contributed by atoms with Gasteiger partial charge in [-0.1, -0.05) is 17.3 Å². The van der Waals surface area contributed by atoms with Gasteiger partial charge in [-0.2, -0.15) is 0 Å². The summed E-state index contributed by atoms with van der Waals surface area (Å²) in [6, 6.07) is 6.67. The number of carbonyl (C=O) groups is 1. The third kappa shape index (κ3) is 2.83. The number of hydrogen-bond donors (Lipinski definition) is 3. The van der Waals surface area contributed by atoms with E-state index in [-0.39, 0.29) is 11.7 Å². The van der Waals surface area contributed by atoms with Crippen molar-refractivity contribution in [1.82, 2.24) is 0 Å². The minimum atomic E-state index is -0.314. The van der Waals surface area contributed by atoms with Crippen molar-refractivity contribution in [1.29, 1.82) is 0 Å². The van der Waals surface area contributed by atoms with Crippen molar-refractivity contribution in [3.63, 3.8) is 0 Å². The fraction of sp³-hybridized carbons (Fsp3) is 0.0769. The number of carbonyl (C=O) groups excluding carboxylic acids is 1. The fourth-order valence-electron chi connectivity index (χ4n) is 1.62. The third-order valence-electron chi connectivity index (χ3n) is 2.75. The molecule has 104 valence electrons. The van der Waals surface area contributed by atoms with Crippen LogP contribution in [0.5, 0.6) is 0 Å². The molecule has 0 bridgehead atoms. The zero-order valence-electron chi connectivity index (χ0n) is 10.6. The highest BCUT2D eigenvalue weighted by Gasteiger charge is 2.14. The Bertz CT molecular complexity index is 679. The molecular weight excluding hydrogens is 326 g/mol. The molecule has 1 aromatic heterocycles. The molecule has 0 aliphatic carbocycles. The number of halogens is 1. The van der Waals surface area contributed by atoms with Crippen LogP contribution in [0, 0.1) is 6.92 Å². The molecule has 4 N–H and O–H groups in total. The number of furan rings is 1. The average molecular weight is 338 g/mol. The molecule has 7 heteroatoms. The normalized spacial score (nSPS) is 11.4. The van der Waals surface area contributed by atoms with Gasteiger partial charge in [-0.3, -0.25) is 4.79 Å². The van der Waals surface area contributed by atoms with Gasteiger partial charge in [0, 0.05) is 11.3 Å². The van der Waals surface area contributed by atoms with Gasteiger partial charge in [0.25, 0.3) is 5.91 Å². The summed E-state index contributed by atoms with van der Waals surface area (Å²) < 4.78 is 5.38. The predicted octanol–water partition coefficient (Wildman–Crippen LogP) is 2.70. The van der Waals surface area contributed by atoms with Gasteiger partial charge in [0.05, 0.1) is 11.8 Å². The summed E-state index contributed by atoms with van der Waals surface area (Å²) in [6.45, 7) is 1.84. The van der Waals surface area contributed by atoms with Crippen LogP contribution < -0.4 is 11.1 Å². The SMILES string of the molecule is Cc1ccc(/C(N)=N/O)cc1NC(=O)c1ccoc1Br. The third-order valence-corrected chi connectivity index (χ3v) is 3.37. The zero-order valence-corrected chi connectivity index (χ0v) is 12.1. The number of benzene rings is 1. The van der Waals surface area contributed by atoms with E-state index in [1.165, 1.54) is 6.26 Å². The van der Waals surface area contributed by atoms with Crippen LogP contribution in [-0.4, -0.2) is 17.0 Å². The van der Waals surface area contributed by atoms with Crippen molar-refractivity contribution in [2.75, 3.05) is 5.32 Å². The fourth-order valence-corrected chi connectivity index (χ4v) is 2.04. The summed E-state index contributed by atoms with van der Waals surface area (Å²) >= 11 is 3.15. The number of anilines is 1. The lowest BCUT2D eigenvalue weighted by atomic mass is 10.1. The quantitative estimate of drug-likeness (QED) is 0.347. The van der Waals surface area contributed by atoms with Gasteiger partial charge < -0.3 is 20.7 Å².